The fraction of sp³-hybridized carbons (Fsp3) is 0.143. The maximum atomic E-state index is 11.2. The highest BCUT2D eigenvalue weighted by atomic mass is 32.2. The van der Waals surface area contributed by atoms with Crippen molar-refractivity contribution in [2.24, 2.45) is 0 Å². The van der Waals surface area contributed by atoms with Crippen LogP contribution in [0.3, 0.4) is 0 Å². The Morgan fingerprint density at radius 1 is 1.19 bits per heavy atom. The smallest absolute Gasteiger partial charge is 0.260 e. The molecule has 0 aliphatic rings. The minimum Gasteiger partial charge on any atom is -0.398 e. The second-order valence-corrected chi connectivity index (χ2v) is 7.01. The molecular formula is C14H13N3O3S. The number of nitrogen functional groups attached to an aromatic ring is 1. The summed E-state index contributed by atoms with van der Waals surface area (Å²) in [6.07, 6.45) is 1.12. The maximum Gasteiger partial charge on any atom is 0.260 e. The van der Waals surface area contributed by atoms with Crippen LogP contribution in [0.25, 0.3) is 22.2 Å². The van der Waals surface area contributed by atoms with Crippen molar-refractivity contribution in [3.63, 3.8) is 0 Å². The number of hydrogen-bond acceptors (Lipinski definition) is 6. The lowest BCUT2D eigenvalue weighted by atomic mass is 10.1. The number of hydrogen-bond donors (Lipinski definition) is 1. The summed E-state index contributed by atoms with van der Waals surface area (Å²) in [5.74, 6) is 0.0845. The first-order valence-corrected chi connectivity index (χ1v) is 8.27. The number of nitrogens with two attached hydrogens (primary N) is 1. The van der Waals surface area contributed by atoms with E-state index >= 15 is 0 Å². The average molecular weight is 303 g/mol. The van der Waals surface area contributed by atoms with E-state index in [1.807, 2.05) is 36.4 Å². The number of anilines is 1. The molecular weight excluding hydrogens is 290 g/mol. The van der Waals surface area contributed by atoms with Crippen molar-refractivity contribution >= 4 is 26.3 Å². The molecule has 0 bridgehead atoms. The van der Waals surface area contributed by atoms with Crippen LogP contribution in [0.4, 0.5) is 5.69 Å². The SMILES string of the molecule is CS(=O)(=O)Cc1noc(-c2cc3ccccc3cc2N)n1. The van der Waals surface area contributed by atoms with Crippen molar-refractivity contribution in [3.05, 3.63) is 42.2 Å². The molecule has 108 valence electrons. The molecule has 3 aromatic rings. The van der Waals surface area contributed by atoms with Crippen molar-refractivity contribution in [1.29, 1.82) is 0 Å². The molecule has 0 aliphatic heterocycles. The third kappa shape index (κ3) is 2.87. The highest BCUT2D eigenvalue weighted by Gasteiger charge is 2.15. The van der Waals surface area contributed by atoms with E-state index in [4.69, 9.17) is 10.3 Å². The van der Waals surface area contributed by atoms with Crippen molar-refractivity contribution in [2.45, 2.75) is 5.75 Å². The Kier molecular flexibility index (Phi) is 3.13. The first kappa shape index (κ1) is 13.6. The standard InChI is InChI=1S/C14H13N3O3S/c1-21(18,19)8-13-16-14(20-17-13)11-6-9-4-2-3-5-10(9)7-12(11)15/h2-7H,8,15H2,1H3. The van der Waals surface area contributed by atoms with E-state index in [2.05, 4.69) is 10.1 Å². The van der Waals surface area contributed by atoms with Crippen molar-refractivity contribution in [2.75, 3.05) is 12.0 Å². The molecule has 0 saturated carbocycles. The van der Waals surface area contributed by atoms with Crippen LogP contribution in [0, 0.1) is 0 Å². The van der Waals surface area contributed by atoms with Crippen LogP contribution in [0.15, 0.2) is 40.9 Å². The van der Waals surface area contributed by atoms with Gasteiger partial charge in [-0.3, -0.25) is 0 Å². The summed E-state index contributed by atoms with van der Waals surface area (Å²) >= 11 is 0. The molecule has 0 spiro atoms. The number of aromatic nitrogens is 2. The number of benzene rings is 2. The second-order valence-electron chi connectivity index (χ2n) is 4.87. The molecule has 0 saturated heterocycles. The minimum absolute atomic E-state index is 0.125. The monoisotopic (exact) mass is 303 g/mol. The third-order valence-electron chi connectivity index (χ3n) is 3.01. The molecule has 6 nitrogen and oxygen atoms in total. The van der Waals surface area contributed by atoms with Gasteiger partial charge in [0.15, 0.2) is 15.7 Å². The van der Waals surface area contributed by atoms with Crippen LogP contribution in [0.2, 0.25) is 0 Å². The van der Waals surface area contributed by atoms with Gasteiger partial charge < -0.3 is 10.3 Å². The van der Waals surface area contributed by atoms with Crippen LogP contribution in [0.1, 0.15) is 5.82 Å². The third-order valence-corrected chi connectivity index (χ3v) is 3.79. The lowest BCUT2D eigenvalue weighted by Gasteiger charge is -2.04. The van der Waals surface area contributed by atoms with Crippen LogP contribution in [-0.2, 0) is 15.6 Å². The molecule has 7 heteroatoms. The van der Waals surface area contributed by atoms with Gasteiger partial charge in [0.25, 0.3) is 5.89 Å². The second kappa shape index (κ2) is 4.85. The highest BCUT2D eigenvalue weighted by Crippen LogP contribution is 2.29. The van der Waals surface area contributed by atoms with E-state index < -0.39 is 9.84 Å². The van der Waals surface area contributed by atoms with Crippen LogP contribution < -0.4 is 5.73 Å². The lowest BCUT2D eigenvalue weighted by molar-refractivity contribution is 0.424. The van der Waals surface area contributed by atoms with Gasteiger partial charge in [0, 0.05) is 11.9 Å². The first-order chi connectivity index (χ1) is 9.92. The fourth-order valence-corrected chi connectivity index (χ4v) is 2.69. The number of rotatable bonds is 3. The van der Waals surface area contributed by atoms with Gasteiger partial charge in [0.05, 0.1) is 5.56 Å². The molecule has 0 amide bonds. The van der Waals surface area contributed by atoms with Gasteiger partial charge in [-0.15, -0.1) is 0 Å². The van der Waals surface area contributed by atoms with Crippen molar-refractivity contribution < 1.29 is 12.9 Å². The summed E-state index contributed by atoms with van der Waals surface area (Å²) in [6.45, 7) is 0. The summed E-state index contributed by atoms with van der Waals surface area (Å²) in [5.41, 5.74) is 7.11. The summed E-state index contributed by atoms with van der Waals surface area (Å²) in [6, 6.07) is 11.4. The topological polar surface area (TPSA) is 99.1 Å². The van der Waals surface area contributed by atoms with Crippen LogP contribution in [0.5, 0.6) is 0 Å². The number of fused-ring (bicyclic) bond motifs is 1. The zero-order chi connectivity index (χ0) is 15.0. The van der Waals surface area contributed by atoms with E-state index in [1.54, 1.807) is 0 Å². The average Bonchev–Trinajstić information content (AvgIpc) is 2.84. The lowest BCUT2D eigenvalue weighted by Crippen LogP contribution is -2.02. The zero-order valence-corrected chi connectivity index (χ0v) is 12.1. The zero-order valence-electron chi connectivity index (χ0n) is 11.3. The van der Waals surface area contributed by atoms with E-state index in [9.17, 15) is 8.42 Å². The van der Waals surface area contributed by atoms with E-state index in [1.165, 1.54) is 0 Å². The Balaban J connectivity index is 2.06. The quantitative estimate of drug-likeness (QED) is 0.743. The number of nitrogens with zero attached hydrogens (tertiary/aromatic N) is 2. The summed E-state index contributed by atoms with van der Waals surface area (Å²) in [5, 5.41) is 5.68. The van der Waals surface area contributed by atoms with Gasteiger partial charge in [-0.1, -0.05) is 29.4 Å². The largest absolute Gasteiger partial charge is 0.398 e. The van der Waals surface area contributed by atoms with Gasteiger partial charge in [-0.2, -0.15) is 4.98 Å². The Hall–Kier alpha value is -2.41. The van der Waals surface area contributed by atoms with Crippen molar-refractivity contribution in [1.82, 2.24) is 10.1 Å². The predicted octanol–water partition coefficient (Wildman–Crippen LogP) is 2.02. The van der Waals surface area contributed by atoms with Gasteiger partial charge in [0.2, 0.25) is 0 Å². The molecule has 0 radical (unpaired) electrons. The fourth-order valence-electron chi connectivity index (χ4n) is 2.10. The Labute approximate surface area is 121 Å². The van der Waals surface area contributed by atoms with Crippen LogP contribution >= 0.6 is 0 Å². The van der Waals surface area contributed by atoms with Crippen molar-refractivity contribution in [3.8, 4) is 11.5 Å². The molecule has 0 unspecified atom stereocenters. The van der Waals surface area contributed by atoms with Gasteiger partial charge in [0.1, 0.15) is 5.75 Å². The van der Waals surface area contributed by atoms with E-state index in [0.717, 1.165) is 17.0 Å². The molecule has 2 aromatic carbocycles. The first-order valence-electron chi connectivity index (χ1n) is 6.21. The maximum absolute atomic E-state index is 11.2. The Bertz CT molecular complexity index is 916. The Morgan fingerprint density at radius 2 is 1.86 bits per heavy atom. The summed E-state index contributed by atoms with van der Waals surface area (Å²) < 4.78 is 27.6. The summed E-state index contributed by atoms with van der Waals surface area (Å²) in [7, 11) is -3.21. The van der Waals surface area contributed by atoms with Gasteiger partial charge in [-0.25, -0.2) is 8.42 Å². The van der Waals surface area contributed by atoms with E-state index in [0.29, 0.717) is 11.3 Å². The molecule has 1 heterocycles. The number of sulfone groups is 1. The Morgan fingerprint density at radius 3 is 2.52 bits per heavy atom. The highest BCUT2D eigenvalue weighted by molar-refractivity contribution is 7.89. The molecule has 2 N–H and O–H groups in total. The molecule has 0 fully saturated rings. The normalized spacial score (nSPS) is 11.9. The van der Waals surface area contributed by atoms with Gasteiger partial charge in [-0.05, 0) is 22.9 Å². The summed E-state index contributed by atoms with van der Waals surface area (Å²) in [4.78, 5) is 4.10. The minimum atomic E-state index is -3.21. The molecule has 1 aromatic heterocycles. The molecule has 21 heavy (non-hydrogen) atoms. The van der Waals surface area contributed by atoms with E-state index in [-0.39, 0.29) is 17.5 Å². The predicted molar refractivity (Wildman–Crippen MR) is 80.2 cm³/mol. The molecule has 3 rings (SSSR count). The molecule has 0 atom stereocenters. The van der Waals surface area contributed by atoms with Crippen LogP contribution in [-0.4, -0.2) is 24.8 Å². The van der Waals surface area contributed by atoms with Gasteiger partial charge >= 0.3 is 0 Å². The molecule has 0 aliphatic carbocycles.